The van der Waals surface area contributed by atoms with Crippen molar-refractivity contribution >= 4 is 71.6 Å². The minimum atomic E-state index is 0.888. The summed E-state index contributed by atoms with van der Waals surface area (Å²) in [6, 6.07) is 92.0. The Morgan fingerprint density at radius 2 is 0.761 bits per heavy atom. The lowest BCUT2D eigenvalue weighted by molar-refractivity contribution is 0.669. The van der Waals surface area contributed by atoms with Crippen molar-refractivity contribution in [3.05, 3.63) is 255 Å². The molecule has 0 spiro atoms. The molecule has 3 heteroatoms. The molecule has 0 aliphatic rings. The first-order chi connectivity index (χ1) is 33.2. The standard InChI is InChI=1S/C64H42N2O/c1-2-14-45-38-51(30-29-43(45)13-1)49-18-10-20-54(39-49)65(55-21-11-19-50(40-55)52-33-36-60-59-25-5-8-28-63(59)67-64(60)42-52)53-34-31-44(32-35-53)46-15-9-16-47(37-46)48-17-12-22-56(41-48)66-61-26-6-3-23-57(61)58-24-4-7-27-62(58)66/h1-42H. The van der Waals surface area contributed by atoms with Crippen LogP contribution in [0.3, 0.4) is 0 Å². The van der Waals surface area contributed by atoms with Gasteiger partial charge in [0.05, 0.1) is 11.0 Å². The second-order valence-corrected chi connectivity index (χ2v) is 17.4. The maximum absolute atomic E-state index is 6.33. The van der Waals surface area contributed by atoms with E-state index in [2.05, 4.69) is 252 Å². The van der Waals surface area contributed by atoms with Crippen molar-refractivity contribution in [2.45, 2.75) is 0 Å². The SMILES string of the molecule is c1cc(-c2ccc(N(c3cccc(-c4ccc5ccccc5c4)c3)c3cccc(-c4ccc5c(c4)oc4ccccc45)c3)cc2)cc(-c2cccc(-n3c4ccccc4c4ccccc43)c2)c1. The summed E-state index contributed by atoms with van der Waals surface area (Å²) in [5, 5.41) is 7.25. The van der Waals surface area contributed by atoms with Crippen molar-refractivity contribution in [3.8, 4) is 50.2 Å². The number of anilines is 3. The van der Waals surface area contributed by atoms with Crippen molar-refractivity contribution in [1.29, 1.82) is 0 Å². The smallest absolute Gasteiger partial charge is 0.136 e. The highest BCUT2D eigenvalue weighted by molar-refractivity contribution is 6.09. The van der Waals surface area contributed by atoms with Gasteiger partial charge < -0.3 is 13.9 Å². The van der Waals surface area contributed by atoms with Crippen LogP contribution in [0.1, 0.15) is 0 Å². The summed E-state index contributed by atoms with van der Waals surface area (Å²) in [6.45, 7) is 0. The topological polar surface area (TPSA) is 21.3 Å². The third kappa shape index (κ3) is 6.84. The van der Waals surface area contributed by atoms with Crippen molar-refractivity contribution in [2.24, 2.45) is 0 Å². The van der Waals surface area contributed by atoms with Gasteiger partial charge in [-0.05, 0) is 146 Å². The van der Waals surface area contributed by atoms with Gasteiger partial charge in [0.15, 0.2) is 0 Å². The van der Waals surface area contributed by atoms with Gasteiger partial charge in [0.25, 0.3) is 0 Å². The predicted molar refractivity (Wildman–Crippen MR) is 282 cm³/mol. The van der Waals surface area contributed by atoms with Crippen LogP contribution in [0.2, 0.25) is 0 Å². The zero-order valence-electron chi connectivity index (χ0n) is 36.6. The van der Waals surface area contributed by atoms with E-state index in [1.807, 2.05) is 12.1 Å². The maximum Gasteiger partial charge on any atom is 0.136 e. The average molecular weight is 855 g/mol. The molecule has 13 rings (SSSR count). The second kappa shape index (κ2) is 16.0. The molecule has 0 radical (unpaired) electrons. The minimum Gasteiger partial charge on any atom is -0.456 e. The van der Waals surface area contributed by atoms with Gasteiger partial charge in [0, 0.05) is 44.3 Å². The molecular weight excluding hydrogens is 813 g/mol. The number of rotatable bonds is 8. The van der Waals surface area contributed by atoms with Gasteiger partial charge in [-0.25, -0.2) is 0 Å². The van der Waals surface area contributed by atoms with E-state index in [-0.39, 0.29) is 0 Å². The molecular formula is C64H42N2O. The Kier molecular flexibility index (Phi) is 9.17. The summed E-state index contributed by atoms with van der Waals surface area (Å²) in [5.74, 6) is 0. The molecule has 0 bridgehead atoms. The Morgan fingerprint density at radius 1 is 0.269 bits per heavy atom. The highest BCUT2D eigenvalue weighted by Crippen LogP contribution is 2.41. The Balaban J connectivity index is 0.876. The molecule has 0 unspecified atom stereocenters. The van der Waals surface area contributed by atoms with Crippen molar-refractivity contribution in [1.82, 2.24) is 4.57 Å². The molecule has 0 aliphatic heterocycles. The highest BCUT2D eigenvalue weighted by atomic mass is 16.3. The van der Waals surface area contributed by atoms with Gasteiger partial charge in [-0.2, -0.15) is 0 Å². The molecule has 0 saturated heterocycles. The number of nitrogens with zero attached hydrogens (tertiary/aromatic N) is 2. The van der Waals surface area contributed by atoms with Gasteiger partial charge >= 0.3 is 0 Å². The monoisotopic (exact) mass is 854 g/mol. The molecule has 67 heavy (non-hydrogen) atoms. The lowest BCUT2D eigenvalue weighted by Crippen LogP contribution is -2.10. The van der Waals surface area contributed by atoms with Gasteiger partial charge in [-0.3, -0.25) is 0 Å². The predicted octanol–water partition coefficient (Wildman–Crippen LogP) is 18.0. The summed E-state index contributed by atoms with van der Waals surface area (Å²) in [5.41, 5.74) is 17.8. The molecule has 2 aromatic heterocycles. The first-order valence-corrected chi connectivity index (χ1v) is 22.9. The lowest BCUT2D eigenvalue weighted by atomic mass is 9.98. The van der Waals surface area contributed by atoms with Crippen LogP contribution < -0.4 is 4.90 Å². The zero-order valence-corrected chi connectivity index (χ0v) is 36.6. The zero-order chi connectivity index (χ0) is 44.3. The maximum atomic E-state index is 6.33. The first-order valence-electron chi connectivity index (χ1n) is 22.9. The lowest BCUT2D eigenvalue weighted by Gasteiger charge is -2.27. The first kappa shape index (κ1) is 38.5. The van der Waals surface area contributed by atoms with Crippen LogP contribution >= 0.6 is 0 Å². The Hall–Kier alpha value is -8.92. The number of para-hydroxylation sites is 3. The Bertz CT molecular complexity index is 3950. The molecule has 0 saturated carbocycles. The largest absolute Gasteiger partial charge is 0.456 e. The molecule has 13 aromatic rings. The summed E-state index contributed by atoms with van der Waals surface area (Å²) >= 11 is 0. The fourth-order valence-corrected chi connectivity index (χ4v) is 10.1. The van der Waals surface area contributed by atoms with Crippen molar-refractivity contribution < 1.29 is 4.42 Å². The molecule has 0 amide bonds. The summed E-state index contributed by atoms with van der Waals surface area (Å²) in [6.07, 6.45) is 0. The Labute approximate surface area is 388 Å². The molecule has 0 aliphatic carbocycles. The molecule has 11 aromatic carbocycles. The summed E-state index contributed by atoms with van der Waals surface area (Å²) in [7, 11) is 0. The van der Waals surface area contributed by atoms with Gasteiger partial charge in [-0.1, -0.05) is 164 Å². The fourth-order valence-electron chi connectivity index (χ4n) is 10.1. The quantitative estimate of drug-likeness (QED) is 0.152. The minimum absolute atomic E-state index is 0.888. The third-order valence-electron chi connectivity index (χ3n) is 13.3. The number of fused-ring (bicyclic) bond motifs is 7. The number of furan rings is 1. The van der Waals surface area contributed by atoms with Crippen LogP contribution in [0.4, 0.5) is 17.1 Å². The number of hydrogen-bond donors (Lipinski definition) is 0. The number of aromatic nitrogens is 1. The van der Waals surface area contributed by atoms with E-state index in [1.54, 1.807) is 0 Å². The average Bonchev–Trinajstić information content (AvgIpc) is 3.95. The van der Waals surface area contributed by atoms with E-state index >= 15 is 0 Å². The number of hydrogen-bond acceptors (Lipinski definition) is 2. The molecule has 0 atom stereocenters. The third-order valence-corrected chi connectivity index (χ3v) is 13.3. The van der Waals surface area contributed by atoms with Crippen molar-refractivity contribution in [3.63, 3.8) is 0 Å². The van der Waals surface area contributed by atoms with Crippen LogP contribution in [0, 0.1) is 0 Å². The van der Waals surface area contributed by atoms with Gasteiger partial charge in [0.1, 0.15) is 11.2 Å². The molecule has 0 N–H and O–H groups in total. The van der Waals surface area contributed by atoms with E-state index in [1.165, 1.54) is 54.8 Å². The number of benzene rings is 11. The van der Waals surface area contributed by atoms with E-state index in [0.717, 1.165) is 66.9 Å². The highest BCUT2D eigenvalue weighted by Gasteiger charge is 2.17. The molecule has 3 nitrogen and oxygen atoms in total. The summed E-state index contributed by atoms with van der Waals surface area (Å²) in [4.78, 5) is 2.37. The van der Waals surface area contributed by atoms with Crippen LogP contribution in [0.15, 0.2) is 259 Å². The van der Waals surface area contributed by atoms with Crippen LogP contribution in [-0.2, 0) is 0 Å². The van der Waals surface area contributed by atoms with Crippen LogP contribution in [0.25, 0.3) is 105 Å². The van der Waals surface area contributed by atoms with E-state index in [4.69, 9.17) is 4.42 Å². The van der Waals surface area contributed by atoms with Crippen LogP contribution in [0.5, 0.6) is 0 Å². The Morgan fingerprint density at radius 3 is 1.48 bits per heavy atom. The van der Waals surface area contributed by atoms with Gasteiger partial charge in [0.2, 0.25) is 0 Å². The van der Waals surface area contributed by atoms with Gasteiger partial charge in [-0.15, -0.1) is 0 Å². The van der Waals surface area contributed by atoms with Crippen LogP contribution in [-0.4, -0.2) is 4.57 Å². The van der Waals surface area contributed by atoms with Crippen molar-refractivity contribution in [2.75, 3.05) is 4.90 Å². The second-order valence-electron chi connectivity index (χ2n) is 17.4. The summed E-state index contributed by atoms with van der Waals surface area (Å²) < 4.78 is 8.71. The van der Waals surface area contributed by atoms with E-state index < -0.39 is 0 Å². The molecule has 0 fully saturated rings. The van der Waals surface area contributed by atoms with E-state index in [9.17, 15) is 0 Å². The normalized spacial score (nSPS) is 11.6. The molecule has 314 valence electrons. The van der Waals surface area contributed by atoms with E-state index in [0.29, 0.717) is 0 Å². The molecule has 2 heterocycles. The fraction of sp³-hybridized carbons (Fsp3) is 0.